The van der Waals surface area contributed by atoms with Gasteiger partial charge in [0.1, 0.15) is 0 Å². The van der Waals surface area contributed by atoms with Gasteiger partial charge in [0.25, 0.3) is 5.56 Å². The van der Waals surface area contributed by atoms with Crippen LogP contribution in [0.5, 0.6) is 0 Å². The van der Waals surface area contributed by atoms with Gasteiger partial charge in [0.15, 0.2) is 0 Å². The molecule has 16 heavy (non-hydrogen) atoms. The highest BCUT2D eigenvalue weighted by Gasteiger charge is 2.07. The van der Waals surface area contributed by atoms with Crippen molar-refractivity contribution in [1.29, 1.82) is 0 Å². The lowest BCUT2D eigenvalue weighted by atomic mass is 10.2. The van der Waals surface area contributed by atoms with Gasteiger partial charge in [0.05, 0.1) is 30.8 Å². The van der Waals surface area contributed by atoms with Crippen LogP contribution in [0.15, 0.2) is 35.3 Å². The van der Waals surface area contributed by atoms with E-state index in [-0.39, 0.29) is 18.7 Å². The minimum atomic E-state index is -0.966. The monoisotopic (exact) mass is 220 g/mol. The summed E-state index contributed by atoms with van der Waals surface area (Å²) in [7, 11) is 0. The summed E-state index contributed by atoms with van der Waals surface area (Å²) in [6, 6.07) is 7.12. The molecule has 0 saturated heterocycles. The molecule has 0 unspecified atom stereocenters. The van der Waals surface area contributed by atoms with E-state index in [1.807, 2.05) is 6.07 Å². The second-order valence-corrected chi connectivity index (χ2v) is 3.56. The number of hydrogen-bond donors (Lipinski definition) is 2. The molecule has 0 spiro atoms. The van der Waals surface area contributed by atoms with Crippen molar-refractivity contribution >= 4 is 10.8 Å². The molecule has 0 aliphatic rings. The maximum atomic E-state index is 11.9. The average Bonchev–Trinajstić information content (AvgIpc) is 2.33. The Hall–Kier alpha value is -1.72. The van der Waals surface area contributed by atoms with E-state index in [9.17, 15) is 9.90 Å². The summed E-state index contributed by atoms with van der Waals surface area (Å²) in [5.41, 5.74) is -0.259. The van der Waals surface area contributed by atoms with Gasteiger partial charge in [-0.3, -0.25) is 4.79 Å². The maximum Gasteiger partial charge on any atom is 0.274 e. The van der Waals surface area contributed by atoms with Crippen LogP contribution >= 0.6 is 0 Å². The highest BCUT2D eigenvalue weighted by molar-refractivity contribution is 5.80. The zero-order valence-electron chi connectivity index (χ0n) is 8.58. The number of benzene rings is 1. The molecule has 0 radical (unpaired) electrons. The molecular formula is C11H12N2O3. The normalized spacial score (nSPS) is 12.9. The number of nitrogens with zero attached hydrogens (tertiary/aromatic N) is 2. The lowest BCUT2D eigenvalue weighted by molar-refractivity contribution is 0.0771. The van der Waals surface area contributed by atoms with E-state index in [1.165, 1.54) is 0 Å². The zero-order valence-corrected chi connectivity index (χ0v) is 8.58. The second-order valence-electron chi connectivity index (χ2n) is 3.56. The molecule has 2 aromatic rings. The van der Waals surface area contributed by atoms with Crippen molar-refractivity contribution in [3.63, 3.8) is 0 Å². The number of aliphatic hydroxyl groups excluding tert-OH is 2. The first kappa shape index (κ1) is 10.8. The molecule has 0 saturated carbocycles. The van der Waals surface area contributed by atoms with Crippen LogP contribution in [0.25, 0.3) is 10.8 Å². The summed E-state index contributed by atoms with van der Waals surface area (Å²) in [5.74, 6) is 0. The van der Waals surface area contributed by atoms with Crippen molar-refractivity contribution in [3.05, 3.63) is 40.8 Å². The van der Waals surface area contributed by atoms with E-state index in [1.54, 1.807) is 24.4 Å². The van der Waals surface area contributed by atoms with Gasteiger partial charge in [-0.15, -0.1) is 0 Å². The van der Waals surface area contributed by atoms with Crippen LogP contribution in [0.2, 0.25) is 0 Å². The lowest BCUT2D eigenvalue weighted by Gasteiger charge is -2.09. The molecule has 0 aliphatic carbocycles. The van der Waals surface area contributed by atoms with Gasteiger partial charge in [0, 0.05) is 5.39 Å². The molecule has 1 aromatic heterocycles. The van der Waals surface area contributed by atoms with E-state index in [0.717, 1.165) is 10.1 Å². The average molecular weight is 220 g/mol. The summed E-state index contributed by atoms with van der Waals surface area (Å²) in [5, 5.41) is 23.2. The molecule has 0 aliphatic heterocycles. The summed E-state index contributed by atoms with van der Waals surface area (Å²) in [6.45, 7) is -0.388. The fraction of sp³-hybridized carbons (Fsp3) is 0.273. The highest BCUT2D eigenvalue weighted by Crippen LogP contribution is 2.06. The summed E-state index contributed by atoms with van der Waals surface area (Å²) in [6.07, 6.45) is 0.604. The standard InChI is InChI=1S/C11H12N2O3/c14-7-9(15)6-13-11(16)10-4-2-1-3-8(10)5-12-13/h1-5,9,14-15H,6-7H2/t9-/m0/s1. The van der Waals surface area contributed by atoms with Crippen LogP contribution in [0, 0.1) is 0 Å². The Kier molecular flexibility index (Phi) is 2.98. The Morgan fingerprint density at radius 2 is 2.12 bits per heavy atom. The Balaban J connectivity index is 2.49. The summed E-state index contributed by atoms with van der Waals surface area (Å²) in [4.78, 5) is 11.9. The van der Waals surface area contributed by atoms with Crippen LogP contribution in [-0.4, -0.2) is 32.7 Å². The quantitative estimate of drug-likeness (QED) is 0.748. The third-order valence-corrected chi connectivity index (χ3v) is 2.36. The fourth-order valence-electron chi connectivity index (χ4n) is 1.52. The van der Waals surface area contributed by atoms with Crippen molar-refractivity contribution in [2.75, 3.05) is 6.61 Å². The molecule has 1 aromatic carbocycles. The molecule has 5 nitrogen and oxygen atoms in total. The molecule has 0 amide bonds. The Morgan fingerprint density at radius 3 is 2.88 bits per heavy atom. The van der Waals surface area contributed by atoms with Gasteiger partial charge in [-0.1, -0.05) is 18.2 Å². The van der Waals surface area contributed by atoms with Crippen molar-refractivity contribution in [2.24, 2.45) is 0 Å². The van der Waals surface area contributed by atoms with Gasteiger partial charge in [-0.05, 0) is 6.07 Å². The summed E-state index contributed by atoms with van der Waals surface area (Å²) >= 11 is 0. The number of aliphatic hydroxyl groups is 2. The van der Waals surface area contributed by atoms with E-state index in [4.69, 9.17) is 5.11 Å². The zero-order chi connectivity index (χ0) is 11.5. The first-order chi connectivity index (χ1) is 7.72. The largest absolute Gasteiger partial charge is 0.394 e. The molecule has 84 valence electrons. The van der Waals surface area contributed by atoms with Crippen LogP contribution in [0.3, 0.4) is 0 Å². The van der Waals surface area contributed by atoms with Gasteiger partial charge in [-0.25, -0.2) is 4.68 Å². The van der Waals surface area contributed by atoms with Gasteiger partial charge >= 0.3 is 0 Å². The van der Waals surface area contributed by atoms with E-state index in [0.29, 0.717) is 5.39 Å². The van der Waals surface area contributed by atoms with Gasteiger partial charge < -0.3 is 10.2 Å². The van der Waals surface area contributed by atoms with Crippen LogP contribution in [-0.2, 0) is 6.54 Å². The first-order valence-electron chi connectivity index (χ1n) is 4.96. The number of aromatic nitrogens is 2. The summed E-state index contributed by atoms with van der Waals surface area (Å²) < 4.78 is 1.16. The minimum Gasteiger partial charge on any atom is -0.394 e. The predicted molar refractivity (Wildman–Crippen MR) is 59.1 cm³/mol. The molecule has 0 fully saturated rings. The van der Waals surface area contributed by atoms with Crippen LogP contribution in [0.1, 0.15) is 0 Å². The second kappa shape index (κ2) is 4.42. The van der Waals surface area contributed by atoms with Gasteiger partial charge in [0.2, 0.25) is 0 Å². The van der Waals surface area contributed by atoms with Gasteiger partial charge in [-0.2, -0.15) is 5.10 Å². The Labute approximate surface area is 91.6 Å². The lowest BCUT2D eigenvalue weighted by Crippen LogP contribution is -2.30. The number of fused-ring (bicyclic) bond motifs is 1. The SMILES string of the molecule is O=c1c2ccccc2cnn1C[C@H](O)CO. The maximum absolute atomic E-state index is 11.9. The fourth-order valence-corrected chi connectivity index (χ4v) is 1.52. The van der Waals surface area contributed by atoms with Crippen LogP contribution in [0.4, 0.5) is 0 Å². The molecule has 1 heterocycles. The van der Waals surface area contributed by atoms with Crippen molar-refractivity contribution in [1.82, 2.24) is 9.78 Å². The predicted octanol–water partition coefficient (Wildman–Crippen LogP) is -0.250. The molecule has 5 heteroatoms. The molecule has 2 rings (SSSR count). The minimum absolute atomic E-state index is 0.000166. The molecule has 1 atom stereocenters. The topological polar surface area (TPSA) is 75.4 Å². The molecular weight excluding hydrogens is 208 g/mol. The number of rotatable bonds is 3. The van der Waals surface area contributed by atoms with Crippen molar-refractivity contribution in [2.45, 2.75) is 12.6 Å². The van der Waals surface area contributed by atoms with Crippen molar-refractivity contribution < 1.29 is 10.2 Å². The molecule has 2 N–H and O–H groups in total. The smallest absolute Gasteiger partial charge is 0.274 e. The van der Waals surface area contributed by atoms with E-state index >= 15 is 0 Å². The van der Waals surface area contributed by atoms with E-state index in [2.05, 4.69) is 5.10 Å². The first-order valence-corrected chi connectivity index (χ1v) is 4.96. The van der Waals surface area contributed by atoms with E-state index < -0.39 is 6.10 Å². The Morgan fingerprint density at radius 1 is 1.38 bits per heavy atom. The molecule has 0 bridgehead atoms. The third-order valence-electron chi connectivity index (χ3n) is 2.36. The highest BCUT2D eigenvalue weighted by atomic mass is 16.3. The van der Waals surface area contributed by atoms with Crippen LogP contribution < -0.4 is 5.56 Å². The van der Waals surface area contributed by atoms with Crippen molar-refractivity contribution in [3.8, 4) is 0 Å². The number of hydrogen-bond acceptors (Lipinski definition) is 4. The Bertz CT molecular complexity index is 550. The third kappa shape index (κ3) is 1.95.